The lowest BCUT2D eigenvalue weighted by Crippen LogP contribution is -2.32. The molecule has 6 heteroatoms. The summed E-state index contributed by atoms with van der Waals surface area (Å²) in [6, 6.07) is 18.2. The molecule has 1 amide bonds. The van der Waals surface area contributed by atoms with E-state index in [9.17, 15) is 4.79 Å². The van der Waals surface area contributed by atoms with E-state index < -0.39 is 0 Å². The van der Waals surface area contributed by atoms with Crippen LogP contribution < -0.4 is 4.74 Å². The first-order valence-electron chi connectivity index (χ1n) is 9.93. The summed E-state index contributed by atoms with van der Waals surface area (Å²) < 4.78 is 5.30. The van der Waals surface area contributed by atoms with E-state index >= 15 is 0 Å². The van der Waals surface area contributed by atoms with E-state index in [1.165, 1.54) is 0 Å². The van der Waals surface area contributed by atoms with Crippen molar-refractivity contribution in [2.75, 3.05) is 26.7 Å². The smallest absolute Gasteiger partial charge is 0.224 e. The van der Waals surface area contributed by atoms with Crippen molar-refractivity contribution in [3.05, 3.63) is 71.9 Å². The van der Waals surface area contributed by atoms with Gasteiger partial charge in [-0.3, -0.25) is 14.8 Å². The van der Waals surface area contributed by atoms with E-state index in [1.54, 1.807) is 7.11 Å². The third-order valence-electron chi connectivity index (χ3n) is 5.36. The number of aromatic nitrogens is 2. The van der Waals surface area contributed by atoms with E-state index in [4.69, 9.17) is 4.74 Å². The normalized spacial score (nSPS) is 15.3. The van der Waals surface area contributed by atoms with Crippen LogP contribution in [-0.4, -0.2) is 52.6 Å². The number of methoxy groups -OCH3 is 1. The summed E-state index contributed by atoms with van der Waals surface area (Å²) >= 11 is 0. The molecule has 0 unspecified atom stereocenters. The molecule has 3 aromatic rings. The number of aromatic amines is 1. The summed E-state index contributed by atoms with van der Waals surface area (Å²) in [6.07, 6.45) is 2.42. The van der Waals surface area contributed by atoms with Crippen LogP contribution >= 0.6 is 0 Å². The molecule has 0 saturated carbocycles. The molecule has 0 atom stereocenters. The van der Waals surface area contributed by atoms with Gasteiger partial charge in [0.1, 0.15) is 5.75 Å². The van der Waals surface area contributed by atoms with E-state index in [0.717, 1.165) is 47.8 Å². The van der Waals surface area contributed by atoms with Crippen LogP contribution in [0.5, 0.6) is 5.75 Å². The zero-order chi connectivity index (χ0) is 20.1. The number of hydrogen-bond donors (Lipinski definition) is 1. The number of rotatable bonds is 6. The van der Waals surface area contributed by atoms with Gasteiger partial charge in [0.15, 0.2) is 0 Å². The first-order chi connectivity index (χ1) is 14.2. The Morgan fingerprint density at radius 3 is 2.72 bits per heavy atom. The first-order valence-corrected chi connectivity index (χ1v) is 9.93. The first kappa shape index (κ1) is 19.2. The molecule has 6 nitrogen and oxygen atoms in total. The predicted octanol–water partition coefficient (Wildman–Crippen LogP) is 3.32. The van der Waals surface area contributed by atoms with Crippen molar-refractivity contribution in [1.29, 1.82) is 0 Å². The van der Waals surface area contributed by atoms with Crippen LogP contribution in [0.1, 0.15) is 17.5 Å². The highest BCUT2D eigenvalue weighted by Gasteiger charge is 2.22. The van der Waals surface area contributed by atoms with Gasteiger partial charge in [0.2, 0.25) is 5.91 Å². The predicted molar refractivity (Wildman–Crippen MR) is 112 cm³/mol. The fourth-order valence-electron chi connectivity index (χ4n) is 3.75. The molecule has 0 radical (unpaired) electrons. The molecule has 1 N–H and O–H groups in total. The molecule has 2 heterocycles. The maximum Gasteiger partial charge on any atom is 0.224 e. The molecule has 0 bridgehead atoms. The maximum atomic E-state index is 12.7. The number of H-pyrrole nitrogens is 1. The lowest BCUT2D eigenvalue weighted by molar-refractivity contribution is -0.130. The average Bonchev–Trinajstić information content (AvgIpc) is 3.16. The van der Waals surface area contributed by atoms with Crippen LogP contribution in [0.25, 0.3) is 11.3 Å². The van der Waals surface area contributed by atoms with E-state index in [1.807, 2.05) is 53.6 Å². The van der Waals surface area contributed by atoms with Gasteiger partial charge in [-0.15, -0.1) is 0 Å². The Bertz CT molecular complexity index is 954. The Labute approximate surface area is 171 Å². The highest BCUT2D eigenvalue weighted by molar-refractivity contribution is 5.76. The minimum Gasteiger partial charge on any atom is -0.497 e. The summed E-state index contributed by atoms with van der Waals surface area (Å²) in [5.41, 5.74) is 4.43. The molecule has 1 saturated heterocycles. The molecular weight excluding hydrogens is 364 g/mol. The van der Waals surface area contributed by atoms with Gasteiger partial charge >= 0.3 is 0 Å². The van der Waals surface area contributed by atoms with Crippen LogP contribution in [0.15, 0.2) is 60.8 Å². The number of nitrogens with one attached hydrogen (secondary N) is 1. The molecular formula is C23H26N4O2. The Morgan fingerprint density at radius 2 is 1.90 bits per heavy atom. The molecule has 150 valence electrons. The molecule has 1 aromatic heterocycles. The van der Waals surface area contributed by atoms with Crippen molar-refractivity contribution in [3.8, 4) is 17.0 Å². The van der Waals surface area contributed by atoms with E-state index in [-0.39, 0.29) is 5.91 Å². The molecule has 2 aromatic carbocycles. The van der Waals surface area contributed by atoms with Gasteiger partial charge in [-0.1, -0.05) is 42.5 Å². The molecule has 0 aliphatic carbocycles. The molecule has 1 fully saturated rings. The minimum absolute atomic E-state index is 0.200. The number of hydrogen-bond acceptors (Lipinski definition) is 4. The van der Waals surface area contributed by atoms with Crippen LogP contribution in [0, 0.1) is 0 Å². The fourth-order valence-corrected chi connectivity index (χ4v) is 3.75. The summed E-state index contributed by atoms with van der Waals surface area (Å²) in [5.74, 6) is 1.02. The second-order valence-electron chi connectivity index (χ2n) is 7.33. The van der Waals surface area contributed by atoms with Crippen molar-refractivity contribution < 1.29 is 9.53 Å². The fraction of sp³-hybridized carbons (Fsp3) is 0.304. The Balaban J connectivity index is 1.41. The summed E-state index contributed by atoms with van der Waals surface area (Å²) in [7, 11) is 1.66. The number of ether oxygens (including phenoxy) is 1. The van der Waals surface area contributed by atoms with Gasteiger partial charge < -0.3 is 9.64 Å². The number of nitrogens with zero attached hydrogens (tertiary/aromatic N) is 3. The van der Waals surface area contributed by atoms with Crippen LogP contribution in [0.3, 0.4) is 0 Å². The highest BCUT2D eigenvalue weighted by Crippen LogP contribution is 2.23. The third-order valence-corrected chi connectivity index (χ3v) is 5.36. The van der Waals surface area contributed by atoms with Gasteiger partial charge in [-0.05, 0) is 23.3 Å². The van der Waals surface area contributed by atoms with Crippen LogP contribution in [0.2, 0.25) is 0 Å². The van der Waals surface area contributed by atoms with Crippen LogP contribution in [0.4, 0.5) is 0 Å². The monoisotopic (exact) mass is 390 g/mol. The Hall–Kier alpha value is -3.12. The molecule has 1 aliphatic rings. The number of carbonyl (C=O) groups excluding carboxylic acids is 1. The third kappa shape index (κ3) is 4.66. The highest BCUT2D eigenvalue weighted by atomic mass is 16.5. The lowest BCUT2D eigenvalue weighted by atomic mass is 10.1. The molecule has 4 rings (SSSR count). The molecule has 0 spiro atoms. The minimum atomic E-state index is 0.200. The van der Waals surface area contributed by atoms with Crippen LogP contribution in [-0.2, 0) is 17.9 Å². The summed E-state index contributed by atoms with van der Waals surface area (Å²) in [5, 5.41) is 7.37. The van der Waals surface area contributed by atoms with Gasteiger partial charge in [0.05, 0.1) is 19.0 Å². The quantitative estimate of drug-likeness (QED) is 0.701. The summed E-state index contributed by atoms with van der Waals surface area (Å²) in [6.45, 7) is 3.71. The lowest BCUT2D eigenvalue weighted by Gasteiger charge is -2.22. The van der Waals surface area contributed by atoms with Gasteiger partial charge in [-0.2, -0.15) is 5.10 Å². The maximum absolute atomic E-state index is 12.7. The van der Waals surface area contributed by atoms with E-state index in [2.05, 4.69) is 27.2 Å². The standard InChI is InChI=1S/C23H26N4O2/c1-29-21-9-5-6-18(14-21)16-27-13-12-26(11-10-22(27)28)17-20-15-24-25-23(20)19-7-3-2-4-8-19/h2-9,14-15H,10-13,16-17H2,1H3,(H,24,25). The Kier molecular flexibility index (Phi) is 5.91. The van der Waals surface area contributed by atoms with Gasteiger partial charge in [-0.25, -0.2) is 0 Å². The van der Waals surface area contributed by atoms with Crippen molar-refractivity contribution in [3.63, 3.8) is 0 Å². The van der Waals surface area contributed by atoms with Gasteiger partial charge in [0.25, 0.3) is 0 Å². The summed E-state index contributed by atoms with van der Waals surface area (Å²) in [4.78, 5) is 16.9. The molecule has 1 aliphatic heterocycles. The SMILES string of the molecule is COc1cccc(CN2CCN(Cc3cn[nH]c3-c3ccccc3)CCC2=O)c1. The topological polar surface area (TPSA) is 61.5 Å². The zero-order valence-electron chi connectivity index (χ0n) is 16.7. The van der Waals surface area contributed by atoms with Crippen molar-refractivity contribution in [2.45, 2.75) is 19.5 Å². The molecule has 29 heavy (non-hydrogen) atoms. The van der Waals surface area contributed by atoms with Crippen molar-refractivity contribution in [2.24, 2.45) is 0 Å². The van der Waals surface area contributed by atoms with Crippen molar-refractivity contribution in [1.82, 2.24) is 20.0 Å². The zero-order valence-corrected chi connectivity index (χ0v) is 16.7. The number of amides is 1. The Morgan fingerprint density at radius 1 is 1.03 bits per heavy atom. The second-order valence-corrected chi connectivity index (χ2v) is 7.33. The van der Waals surface area contributed by atoms with Gasteiger partial charge in [0, 0.05) is 44.7 Å². The van der Waals surface area contributed by atoms with E-state index in [0.29, 0.717) is 19.5 Å². The average molecular weight is 390 g/mol. The number of benzene rings is 2. The van der Waals surface area contributed by atoms with Crippen molar-refractivity contribution >= 4 is 5.91 Å². The second kappa shape index (κ2) is 8.92. The number of carbonyl (C=O) groups is 1. The largest absolute Gasteiger partial charge is 0.497 e.